The molecule has 19 heavy (non-hydrogen) atoms. The molecule has 0 aliphatic heterocycles. The number of aromatic nitrogens is 5. The maximum absolute atomic E-state index is 4.53. The molecule has 0 atom stereocenters. The van der Waals surface area contributed by atoms with Crippen LogP contribution < -0.4 is 5.32 Å². The van der Waals surface area contributed by atoms with Gasteiger partial charge in [0, 0.05) is 36.8 Å². The van der Waals surface area contributed by atoms with Gasteiger partial charge in [0.25, 0.3) is 5.95 Å². The molecule has 0 aromatic carbocycles. The minimum absolute atomic E-state index is 0.599. The van der Waals surface area contributed by atoms with Crippen LogP contribution in [0.3, 0.4) is 0 Å². The van der Waals surface area contributed by atoms with Crippen LogP contribution in [0.4, 0.5) is 0 Å². The SMILES string of the molecule is CCc1nc(CC)n(-c2ncc(CNC)c(C)n2)n1. The molecule has 6 nitrogen and oxygen atoms in total. The summed E-state index contributed by atoms with van der Waals surface area (Å²) in [5.74, 6) is 2.33. The van der Waals surface area contributed by atoms with Crippen molar-refractivity contribution in [3.63, 3.8) is 0 Å². The number of hydrogen-bond acceptors (Lipinski definition) is 5. The molecule has 0 saturated carbocycles. The Bertz CT molecular complexity index is 560. The molecule has 2 rings (SSSR count). The molecule has 0 amide bonds. The molecule has 0 bridgehead atoms. The standard InChI is InChI=1S/C13H20N6/c1-5-11-17-12(6-2)19(18-11)13-15-8-10(7-14-4)9(3)16-13/h8,14H,5-7H2,1-4H3. The zero-order valence-corrected chi connectivity index (χ0v) is 11.9. The first-order valence-electron chi connectivity index (χ1n) is 6.61. The van der Waals surface area contributed by atoms with Crippen LogP contribution in [0.5, 0.6) is 0 Å². The summed E-state index contributed by atoms with van der Waals surface area (Å²) >= 11 is 0. The van der Waals surface area contributed by atoms with Crippen LogP contribution in [0.1, 0.15) is 36.8 Å². The minimum Gasteiger partial charge on any atom is -0.316 e. The molecule has 0 radical (unpaired) electrons. The molecule has 0 aliphatic rings. The highest BCUT2D eigenvalue weighted by Gasteiger charge is 2.12. The van der Waals surface area contributed by atoms with Crippen molar-refractivity contribution >= 4 is 0 Å². The second-order valence-corrected chi connectivity index (χ2v) is 4.37. The number of hydrogen-bond donors (Lipinski definition) is 1. The maximum atomic E-state index is 4.53. The van der Waals surface area contributed by atoms with Crippen LogP contribution in [0.2, 0.25) is 0 Å². The van der Waals surface area contributed by atoms with Crippen LogP contribution in [-0.4, -0.2) is 31.8 Å². The lowest BCUT2D eigenvalue weighted by atomic mass is 10.2. The third kappa shape index (κ3) is 2.78. The van der Waals surface area contributed by atoms with Gasteiger partial charge in [-0.3, -0.25) is 0 Å². The maximum Gasteiger partial charge on any atom is 0.252 e. The Morgan fingerprint density at radius 3 is 2.58 bits per heavy atom. The topological polar surface area (TPSA) is 68.5 Å². The van der Waals surface area contributed by atoms with E-state index in [1.807, 2.05) is 27.1 Å². The monoisotopic (exact) mass is 260 g/mol. The number of nitrogens with zero attached hydrogens (tertiary/aromatic N) is 5. The zero-order valence-electron chi connectivity index (χ0n) is 11.9. The van der Waals surface area contributed by atoms with Gasteiger partial charge >= 0.3 is 0 Å². The summed E-state index contributed by atoms with van der Waals surface area (Å²) in [5, 5.41) is 7.56. The first-order chi connectivity index (χ1) is 9.19. The second-order valence-electron chi connectivity index (χ2n) is 4.37. The lowest BCUT2D eigenvalue weighted by Gasteiger charge is -2.07. The molecule has 102 valence electrons. The van der Waals surface area contributed by atoms with Crippen molar-refractivity contribution in [2.75, 3.05) is 7.05 Å². The fraction of sp³-hybridized carbons (Fsp3) is 0.538. The van der Waals surface area contributed by atoms with E-state index in [1.165, 1.54) is 0 Å². The predicted octanol–water partition coefficient (Wildman–Crippen LogP) is 1.21. The summed E-state index contributed by atoms with van der Waals surface area (Å²) in [4.78, 5) is 13.4. The summed E-state index contributed by atoms with van der Waals surface area (Å²) in [5.41, 5.74) is 2.06. The first-order valence-corrected chi connectivity index (χ1v) is 6.61. The van der Waals surface area contributed by atoms with Gasteiger partial charge in [-0.05, 0) is 14.0 Å². The molecular formula is C13H20N6. The van der Waals surface area contributed by atoms with Crippen molar-refractivity contribution in [2.45, 2.75) is 40.2 Å². The highest BCUT2D eigenvalue weighted by molar-refractivity contribution is 5.22. The van der Waals surface area contributed by atoms with E-state index < -0.39 is 0 Å². The van der Waals surface area contributed by atoms with Crippen molar-refractivity contribution < 1.29 is 0 Å². The molecule has 0 unspecified atom stereocenters. The van der Waals surface area contributed by atoms with E-state index in [9.17, 15) is 0 Å². The van der Waals surface area contributed by atoms with Gasteiger partial charge in [-0.2, -0.15) is 4.68 Å². The van der Waals surface area contributed by atoms with Gasteiger partial charge < -0.3 is 5.32 Å². The summed E-state index contributed by atoms with van der Waals surface area (Å²) in [6.07, 6.45) is 3.48. The molecule has 0 spiro atoms. The number of nitrogens with one attached hydrogen (secondary N) is 1. The molecule has 0 saturated heterocycles. The van der Waals surface area contributed by atoms with E-state index in [0.717, 1.165) is 42.3 Å². The molecule has 1 N–H and O–H groups in total. The van der Waals surface area contributed by atoms with Crippen LogP contribution in [-0.2, 0) is 19.4 Å². The second kappa shape index (κ2) is 5.88. The van der Waals surface area contributed by atoms with Gasteiger partial charge in [-0.15, -0.1) is 5.10 Å². The molecule has 0 aliphatic carbocycles. The van der Waals surface area contributed by atoms with Crippen LogP contribution in [0.25, 0.3) is 5.95 Å². The van der Waals surface area contributed by atoms with E-state index in [4.69, 9.17) is 0 Å². The Morgan fingerprint density at radius 1 is 1.21 bits per heavy atom. The van der Waals surface area contributed by atoms with Gasteiger partial charge in [0.2, 0.25) is 0 Å². The molecule has 6 heteroatoms. The van der Waals surface area contributed by atoms with Gasteiger partial charge in [0.05, 0.1) is 0 Å². The third-order valence-electron chi connectivity index (χ3n) is 2.98. The average Bonchev–Trinajstić information content (AvgIpc) is 2.84. The third-order valence-corrected chi connectivity index (χ3v) is 2.98. The van der Waals surface area contributed by atoms with Crippen LogP contribution in [0, 0.1) is 6.92 Å². The Hall–Kier alpha value is -1.82. The Labute approximate surface area is 113 Å². The van der Waals surface area contributed by atoms with E-state index in [0.29, 0.717) is 5.95 Å². The molecule has 2 heterocycles. The quantitative estimate of drug-likeness (QED) is 0.875. The number of rotatable bonds is 5. The average molecular weight is 260 g/mol. The normalized spacial score (nSPS) is 10.9. The summed E-state index contributed by atoms with van der Waals surface area (Å²) in [6, 6.07) is 0. The van der Waals surface area contributed by atoms with Gasteiger partial charge in [-0.25, -0.2) is 15.0 Å². The Balaban J connectivity index is 2.41. The zero-order chi connectivity index (χ0) is 13.8. The fourth-order valence-electron chi connectivity index (χ4n) is 1.88. The molecule has 2 aromatic heterocycles. The summed E-state index contributed by atoms with van der Waals surface area (Å²) < 4.78 is 1.75. The van der Waals surface area contributed by atoms with Crippen molar-refractivity contribution in [3.05, 3.63) is 29.1 Å². The highest BCUT2D eigenvalue weighted by atomic mass is 15.4. The van der Waals surface area contributed by atoms with Crippen LogP contribution >= 0.6 is 0 Å². The summed E-state index contributed by atoms with van der Waals surface area (Å²) in [6.45, 7) is 6.86. The van der Waals surface area contributed by atoms with E-state index >= 15 is 0 Å². The van der Waals surface area contributed by atoms with Crippen molar-refractivity contribution in [2.24, 2.45) is 0 Å². The molecule has 2 aromatic rings. The van der Waals surface area contributed by atoms with Gasteiger partial charge in [-0.1, -0.05) is 13.8 Å². The first kappa shape index (κ1) is 13.6. The Morgan fingerprint density at radius 2 is 2.00 bits per heavy atom. The number of aryl methyl sites for hydroxylation is 3. The van der Waals surface area contributed by atoms with E-state index in [2.05, 4.69) is 32.3 Å². The van der Waals surface area contributed by atoms with Crippen molar-refractivity contribution in [3.8, 4) is 5.95 Å². The van der Waals surface area contributed by atoms with Crippen LogP contribution in [0.15, 0.2) is 6.20 Å². The largest absolute Gasteiger partial charge is 0.316 e. The smallest absolute Gasteiger partial charge is 0.252 e. The minimum atomic E-state index is 0.599. The van der Waals surface area contributed by atoms with Gasteiger partial charge in [0.1, 0.15) is 5.82 Å². The summed E-state index contributed by atoms with van der Waals surface area (Å²) in [7, 11) is 1.91. The molecule has 0 fully saturated rings. The van der Waals surface area contributed by atoms with E-state index in [-0.39, 0.29) is 0 Å². The predicted molar refractivity (Wildman–Crippen MR) is 73.2 cm³/mol. The van der Waals surface area contributed by atoms with Gasteiger partial charge in [0.15, 0.2) is 5.82 Å². The lowest BCUT2D eigenvalue weighted by molar-refractivity contribution is 0.725. The Kier molecular flexibility index (Phi) is 4.21. The molecular weight excluding hydrogens is 240 g/mol. The lowest BCUT2D eigenvalue weighted by Crippen LogP contribution is -2.12. The van der Waals surface area contributed by atoms with E-state index in [1.54, 1.807) is 4.68 Å². The fourth-order valence-corrected chi connectivity index (χ4v) is 1.88. The van der Waals surface area contributed by atoms with Crippen molar-refractivity contribution in [1.82, 2.24) is 30.0 Å². The van der Waals surface area contributed by atoms with Crippen molar-refractivity contribution in [1.29, 1.82) is 0 Å². The highest BCUT2D eigenvalue weighted by Crippen LogP contribution is 2.10.